The Bertz CT molecular complexity index is 254. The molecular weight excluding hydrogens is 162 g/mol. The minimum atomic E-state index is -0.0648. The van der Waals surface area contributed by atoms with Gasteiger partial charge in [-0.25, -0.2) is 0 Å². The lowest BCUT2D eigenvalue weighted by atomic mass is 9.94. The molecule has 1 aromatic carbocycles. The summed E-state index contributed by atoms with van der Waals surface area (Å²) in [4.78, 5) is 0. The molecule has 1 unspecified atom stereocenters. The monoisotopic (exact) mass is 177 g/mol. The van der Waals surface area contributed by atoms with Gasteiger partial charge in [0.1, 0.15) is 0 Å². The van der Waals surface area contributed by atoms with Crippen molar-refractivity contribution in [3.05, 3.63) is 35.4 Å². The zero-order chi connectivity index (χ0) is 9.10. The molecule has 0 radical (unpaired) electrons. The van der Waals surface area contributed by atoms with Crippen molar-refractivity contribution in [2.45, 2.75) is 18.9 Å². The minimum Gasteiger partial charge on any atom is -0.392 e. The highest BCUT2D eigenvalue weighted by atomic mass is 16.3. The maximum absolute atomic E-state index is 8.67. The van der Waals surface area contributed by atoms with Crippen molar-refractivity contribution in [2.24, 2.45) is 0 Å². The highest BCUT2D eigenvalue weighted by Crippen LogP contribution is 2.18. The van der Waals surface area contributed by atoms with Crippen molar-refractivity contribution in [1.29, 1.82) is 0 Å². The number of benzene rings is 1. The topological polar surface area (TPSA) is 32.3 Å². The molecular formula is C11H15NO. The second kappa shape index (κ2) is 3.90. The first-order valence-corrected chi connectivity index (χ1v) is 4.81. The number of aliphatic hydroxyl groups excluding tert-OH is 1. The molecule has 0 aromatic heterocycles. The molecule has 2 bridgehead atoms. The molecule has 1 aromatic rings. The van der Waals surface area contributed by atoms with E-state index in [1.807, 2.05) is 0 Å². The third-order valence-electron chi connectivity index (χ3n) is 2.43. The van der Waals surface area contributed by atoms with Crippen LogP contribution >= 0.6 is 0 Å². The van der Waals surface area contributed by atoms with E-state index in [0.717, 1.165) is 19.5 Å². The molecule has 0 spiro atoms. The van der Waals surface area contributed by atoms with Crippen LogP contribution in [0.2, 0.25) is 0 Å². The molecule has 2 N–H and O–H groups in total. The van der Waals surface area contributed by atoms with Crippen LogP contribution in [0.1, 0.15) is 17.5 Å². The lowest BCUT2D eigenvalue weighted by molar-refractivity contribution is 0.196. The zero-order valence-corrected chi connectivity index (χ0v) is 7.66. The normalized spacial score (nSPS) is 23.0. The van der Waals surface area contributed by atoms with Gasteiger partial charge in [0.25, 0.3) is 0 Å². The molecule has 0 amide bonds. The molecule has 4 rings (SSSR count). The van der Waals surface area contributed by atoms with Crippen LogP contribution in [0.5, 0.6) is 0 Å². The standard InChI is InChI=1S/C7H6.C4H9NO/c1-2-6-4-7(3-1)5-6;6-4-1-2-5-3-4/h1-4H,5H2;4-6H,1-3H2. The van der Waals surface area contributed by atoms with Gasteiger partial charge in [0.15, 0.2) is 0 Å². The summed E-state index contributed by atoms with van der Waals surface area (Å²) >= 11 is 0. The van der Waals surface area contributed by atoms with Crippen molar-refractivity contribution in [3.63, 3.8) is 0 Å². The van der Waals surface area contributed by atoms with E-state index in [2.05, 4.69) is 29.6 Å². The third-order valence-corrected chi connectivity index (χ3v) is 2.43. The summed E-state index contributed by atoms with van der Waals surface area (Å²) in [6, 6.07) is 8.65. The molecule has 3 aliphatic rings. The molecule has 1 fully saturated rings. The summed E-state index contributed by atoms with van der Waals surface area (Å²) < 4.78 is 0. The molecule has 13 heavy (non-hydrogen) atoms. The summed E-state index contributed by atoms with van der Waals surface area (Å²) in [6.45, 7) is 1.78. The second-order valence-corrected chi connectivity index (χ2v) is 3.64. The Kier molecular flexibility index (Phi) is 2.62. The molecule has 1 atom stereocenters. The molecule has 70 valence electrons. The largest absolute Gasteiger partial charge is 0.392 e. The number of β-amino-alcohol motifs (C(OH)–C–C–N with tert-alkyl or cyclic N) is 1. The van der Waals surface area contributed by atoms with E-state index in [-0.39, 0.29) is 6.10 Å². The number of fused-ring (bicyclic) bond motifs is 2. The second-order valence-electron chi connectivity index (χ2n) is 3.64. The van der Waals surface area contributed by atoms with E-state index in [9.17, 15) is 0 Å². The predicted molar refractivity (Wildman–Crippen MR) is 52.7 cm³/mol. The van der Waals surface area contributed by atoms with Gasteiger partial charge >= 0.3 is 0 Å². The number of hydrogen-bond donors (Lipinski definition) is 2. The van der Waals surface area contributed by atoms with Crippen molar-refractivity contribution < 1.29 is 5.11 Å². The average Bonchev–Trinajstić information content (AvgIpc) is 2.57. The van der Waals surface area contributed by atoms with Gasteiger partial charge in [0.05, 0.1) is 6.10 Å². The van der Waals surface area contributed by atoms with Gasteiger partial charge in [-0.05, 0) is 30.5 Å². The van der Waals surface area contributed by atoms with E-state index in [1.165, 1.54) is 17.5 Å². The van der Waals surface area contributed by atoms with Gasteiger partial charge in [-0.15, -0.1) is 0 Å². The Morgan fingerprint density at radius 3 is 2.15 bits per heavy atom. The fourth-order valence-electron chi connectivity index (χ4n) is 1.59. The first-order chi connectivity index (χ1) is 6.34. The van der Waals surface area contributed by atoms with Crippen molar-refractivity contribution in [3.8, 4) is 0 Å². The number of hydrogen-bond acceptors (Lipinski definition) is 2. The number of aliphatic hydroxyl groups is 1. The van der Waals surface area contributed by atoms with Crippen molar-refractivity contribution >= 4 is 0 Å². The summed E-state index contributed by atoms with van der Waals surface area (Å²) in [5, 5.41) is 11.7. The van der Waals surface area contributed by atoms with E-state index in [4.69, 9.17) is 5.11 Å². The van der Waals surface area contributed by atoms with Crippen LogP contribution in [0.3, 0.4) is 0 Å². The van der Waals surface area contributed by atoms with Crippen LogP contribution < -0.4 is 5.32 Å². The summed E-state index contributed by atoms with van der Waals surface area (Å²) in [7, 11) is 0. The van der Waals surface area contributed by atoms with E-state index in [1.54, 1.807) is 0 Å². The van der Waals surface area contributed by atoms with Gasteiger partial charge in [0.2, 0.25) is 0 Å². The minimum absolute atomic E-state index is 0.0648. The molecule has 2 aliphatic carbocycles. The smallest absolute Gasteiger partial charge is 0.0676 e. The van der Waals surface area contributed by atoms with Gasteiger partial charge in [-0.3, -0.25) is 0 Å². The lowest BCUT2D eigenvalue weighted by Gasteiger charge is -2.11. The molecule has 0 saturated carbocycles. The van der Waals surface area contributed by atoms with E-state index >= 15 is 0 Å². The Hall–Kier alpha value is -0.860. The van der Waals surface area contributed by atoms with Crippen LogP contribution in [-0.2, 0) is 6.42 Å². The quantitative estimate of drug-likeness (QED) is 0.627. The van der Waals surface area contributed by atoms with Crippen molar-refractivity contribution in [1.82, 2.24) is 5.32 Å². The Balaban J connectivity index is 0.000000102. The van der Waals surface area contributed by atoms with E-state index in [0.29, 0.717) is 0 Å². The summed E-state index contributed by atoms with van der Waals surface area (Å²) in [5.41, 5.74) is 2.97. The van der Waals surface area contributed by atoms with Gasteiger partial charge in [-0.1, -0.05) is 24.3 Å². The fourth-order valence-corrected chi connectivity index (χ4v) is 1.59. The molecule has 1 aliphatic heterocycles. The first-order valence-electron chi connectivity index (χ1n) is 4.81. The van der Waals surface area contributed by atoms with E-state index < -0.39 is 0 Å². The maximum Gasteiger partial charge on any atom is 0.0676 e. The zero-order valence-electron chi connectivity index (χ0n) is 7.66. The Morgan fingerprint density at radius 2 is 2.00 bits per heavy atom. The lowest BCUT2D eigenvalue weighted by Crippen LogP contribution is -2.11. The highest BCUT2D eigenvalue weighted by Gasteiger charge is 2.08. The van der Waals surface area contributed by atoms with Crippen LogP contribution in [0.4, 0.5) is 0 Å². The highest BCUT2D eigenvalue weighted by molar-refractivity contribution is 5.37. The van der Waals surface area contributed by atoms with Gasteiger partial charge < -0.3 is 10.4 Å². The molecule has 1 heterocycles. The van der Waals surface area contributed by atoms with Crippen LogP contribution in [0.15, 0.2) is 24.3 Å². The third kappa shape index (κ3) is 2.29. The first kappa shape index (κ1) is 8.73. The summed E-state index contributed by atoms with van der Waals surface area (Å²) in [5.74, 6) is 0. The maximum atomic E-state index is 8.67. The fraction of sp³-hybridized carbons (Fsp3) is 0.455. The van der Waals surface area contributed by atoms with Gasteiger partial charge in [-0.2, -0.15) is 0 Å². The Labute approximate surface area is 78.6 Å². The van der Waals surface area contributed by atoms with Crippen molar-refractivity contribution in [2.75, 3.05) is 13.1 Å². The molecule has 2 nitrogen and oxygen atoms in total. The molecule has 2 heteroatoms. The van der Waals surface area contributed by atoms with Crippen LogP contribution in [0, 0.1) is 0 Å². The molecule has 1 saturated heterocycles. The summed E-state index contributed by atoms with van der Waals surface area (Å²) in [6.07, 6.45) is 2.08. The Morgan fingerprint density at radius 1 is 1.31 bits per heavy atom. The average molecular weight is 177 g/mol. The van der Waals surface area contributed by atoms with Gasteiger partial charge in [0, 0.05) is 6.54 Å². The predicted octanol–water partition coefficient (Wildman–Crippen LogP) is 0.931. The number of nitrogens with one attached hydrogen (secondary N) is 1. The van der Waals surface area contributed by atoms with Crippen LogP contribution in [-0.4, -0.2) is 24.3 Å². The number of rotatable bonds is 0. The van der Waals surface area contributed by atoms with Crippen LogP contribution in [0.25, 0.3) is 0 Å². The SMILES string of the molecule is OC1CCNC1.c1cc2cc(c1)C2.